The maximum Gasteiger partial charge on any atom is 0.332 e. The van der Waals surface area contributed by atoms with Crippen LogP contribution in [0.1, 0.15) is 44.1 Å². The van der Waals surface area contributed by atoms with Gasteiger partial charge in [0.25, 0.3) is 5.56 Å². The van der Waals surface area contributed by atoms with Gasteiger partial charge in [-0.2, -0.15) is 4.98 Å². The number of nitrogens with one attached hydrogen (secondary N) is 1. The number of imidazole rings is 1. The summed E-state index contributed by atoms with van der Waals surface area (Å²) in [5.41, 5.74) is 4.80. The highest BCUT2D eigenvalue weighted by atomic mass is 127. The number of halogens is 1. The predicted octanol–water partition coefficient (Wildman–Crippen LogP) is 2.61. The molecule has 0 bridgehead atoms. The molecule has 3 aromatic rings. The normalized spacial score (nSPS) is 19.5. The molecule has 182 valence electrons. The molecule has 9 nitrogen and oxygen atoms in total. The summed E-state index contributed by atoms with van der Waals surface area (Å²) in [6.45, 7) is 3.10. The van der Waals surface area contributed by atoms with Gasteiger partial charge in [-0.05, 0) is 66.3 Å². The van der Waals surface area contributed by atoms with Gasteiger partial charge in [-0.3, -0.25) is 23.5 Å². The molecule has 4 heterocycles. The lowest BCUT2D eigenvalue weighted by Gasteiger charge is -2.24. The zero-order valence-corrected chi connectivity index (χ0v) is 21.7. The first-order chi connectivity index (χ1) is 16.5. The fraction of sp³-hybridized carbons (Fsp3) is 0.542. The molecule has 0 amide bonds. The van der Waals surface area contributed by atoms with E-state index in [0.717, 1.165) is 60.7 Å². The number of benzene rings is 1. The average Bonchev–Trinajstić information content (AvgIpc) is 3.02. The molecule has 0 spiro atoms. The highest BCUT2D eigenvalue weighted by Crippen LogP contribution is 2.24. The Labute approximate surface area is 211 Å². The van der Waals surface area contributed by atoms with E-state index in [1.165, 1.54) is 9.13 Å². The Balaban J connectivity index is 1.68. The average molecular weight is 578 g/mol. The summed E-state index contributed by atoms with van der Waals surface area (Å²) in [5.74, 6) is 0.676. The fourth-order valence-electron chi connectivity index (χ4n) is 4.86. The predicted molar refractivity (Wildman–Crippen MR) is 140 cm³/mol. The number of aryl methyl sites for hydroxylation is 1. The van der Waals surface area contributed by atoms with Crippen LogP contribution in [0.5, 0.6) is 0 Å². The Kier molecular flexibility index (Phi) is 7.07. The van der Waals surface area contributed by atoms with E-state index in [9.17, 15) is 9.59 Å². The van der Waals surface area contributed by atoms with Gasteiger partial charge in [0.2, 0.25) is 5.95 Å². The van der Waals surface area contributed by atoms with Crippen LogP contribution in [0, 0.1) is 3.57 Å². The van der Waals surface area contributed by atoms with Crippen molar-refractivity contribution in [1.29, 1.82) is 0 Å². The minimum atomic E-state index is -0.346. The lowest BCUT2D eigenvalue weighted by atomic mass is 10.1. The van der Waals surface area contributed by atoms with Gasteiger partial charge in [0, 0.05) is 30.3 Å². The van der Waals surface area contributed by atoms with E-state index < -0.39 is 0 Å². The van der Waals surface area contributed by atoms with Crippen molar-refractivity contribution < 1.29 is 4.74 Å². The SMILES string of the molecule is Cn1c(=O)n(CC2CCCCO2)c(=O)c2c1nc(N1CCCCCN1)n2Cc1ccccc1I. The van der Waals surface area contributed by atoms with Gasteiger partial charge in [-0.25, -0.2) is 10.2 Å². The van der Waals surface area contributed by atoms with Crippen LogP contribution in [0.3, 0.4) is 0 Å². The molecule has 0 radical (unpaired) electrons. The van der Waals surface area contributed by atoms with Gasteiger partial charge in [-0.1, -0.05) is 24.6 Å². The molecular formula is C24H31IN6O3. The molecule has 5 rings (SSSR count). The molecule has 0 aliphatic carbocycles. The van der Waals surface area contributed by atoms with E-state index in [1.54, 1.807) is 7.05 Å². The van der Waals surface area contributed by atoms with Crippen LogP contribution in [0.2, 0.25) is 0 Å². The summed E-state index contributed by atoms with van der Waals surface area (Å²) in [4.78, 5) is 31.9. The third-order valence-electron chi connectivity index (χ3n) is 6.76. The number of fused-ring (bicyclic) bond motifs is 1. The minimum Gasteiger partial charge on any atom is -0.376 e. The van der Waals surface area contributed by atoms with Crippen LogP contribution in [-0.2, 0) is 24.9 Å². The second-order valence-corrected chi connectivity index (χ2v) is 10.3. The number of hydrogen-bond donors (Lipinski definition) is 1. The molecule has 1 aromatic carbocycles. The Morgan fingerprint density at radius 3 is 2.76 bits per heavy atom. The van der Waals surface area contributed by atoms with E-state index in [0.29, 0.717) is 30.3 Å². The van der Waals surface area contributed by atoms with E-state index in [1.807, 2.05) is 21.7 Å². The Morgan fingerprint density at radius 2 is 1.97 bits per heavy atom. The van der Waals surface area contributed by atoms with Crippen molar-refractivity contribution in [2.24, 2.45) is 7.05 Å². The summed E-state index contributed by atoms with van der Waals surface area (Å²) < 4.78 is 11.8. The highest BCUT2D eigenvalue weighted by Gasteiger charge is 2.26. The quantitative estimate of drug-likeness (QED) is 0.469. The first-order valence-electron chi connectivity index (χ1n) is 12.1. The second-order valence-electron chi connectivity index (χ2n) is 9.13. The molecule has 34 heavy (non-hydrogen) atoms. The lowest BCUT2D eigenvalue weighted by Crippen LogP contribution is -2.43. The van der Waals surface area contributed by atoms with Crippen LogP contribution in [-0.4, -0.2) is 44.5 Å². The van der Waals surface area contributed by atoms with Crippen molar-refractivity contribution in [3.8, 4) is 0 Å². The van der Waals surface area contributed by atoms with E-state index >= 15 is 0 Å². The van der Waals surface area contributed by atoms with Gasteiger partial charge in [0.1, 0.15) is 0 Å². The van der Waals surface area contributed by atoms with Crippen LogP contribution in [0.15, 0.2) is 33.9 Å². The fourth-order valence-corrected chi connectivity index (χ4v) is 5.42. The topological polar surface area (TPSA) is 86.3 Å². The van der Waals surface area contributed by atoms with E-state index in [-0.39, 0.29) is 23.9 Å². The smallest absolute Gasteiger partial charge is 0.332 e. The minimum absolute atomic E-state index is 0.116. The molecule has 2 aliphatic heterocycles. The summed E-state index contributed by atoms with van der Waals surface area (Å²) in [5, 5.41) is 2.04. The maximum absolute atomic E-state index is 13.8. The Hall–Kier alpha value is -2.18. The summed E-state index contributed by atoms with van der Waals surface area (Å²) >= 11 is 2.33. The largest absolute Gasteiger partial charge is 0.376 e. The molecule has 2 aromatic heterocycles. The molecule has 1 unspecified atom stereocenters. The molecule has 10 heteroatoms. The molecule has 2 saturated heterocycles. The Bertz CT molecular complexity index is 1280. The number of hydrogen-bond acceptors (Lipinski definition) is 6. The zero-order valence-electron chi connectivity index (χ0n) is 19.5. The zero-order chi connectivity index (χ0) is 23.7. The third kappa shape index (κ3) is 4.55. The standard InChI is InChI=1S/C24H31IN6O3/c1-28-21-20(22(32)30(24(28)33)16-18-10-5-8-14-34-18)29(15-17-9-3-4-11-19(17)25)23(27-21)31-13-7-2-6-12-26-31/h3-4,9,11,18,26H,2,5-8,10,12-16H2,1H3. The van der Waals surface area contributed by atoms with Crippen LogP contribution in [0.25, 0.3) is 11.2 Å². The number of ether oxygens (including phenoxy) is 1. The first-order valence-corrected chi connectivity index (χ1v) is 13.2. The monoisotopic (exact) mass is 578 g/mol. The highest BCUT2D eigenvalue weighted by molar-refractivity contribution is 14.1. The molecular weight excluding hydrogens is 547 g/mol. The molecule has 0 saturated carbocycles. The van der Waals surface area contributed by atoms with Gasteiger partial charge >= 0.3 is 5.69 Å². The van der Waals surface area contributed by atoms with Crippen LogP contribution in [0.4, 0.5) is 5.95 Å². The van der Waals surface area contributed by atoms with Crippen molar-refractivity contribution in [1.82, 2.24) is 24.1 Å². The number of rotatable bonds is 5. The first kappa shape index (κ1) is 23.6. The van der Waals surface area contributed by atoms with E-state index in [4.69, 9.17) is 9.72 Å². The van der Waals surface area contributed by atoms with Crippen molar-refractivity contribution >= 4 is 39.7 Å². The van der Waals surface area contributed by atoms with Gasteiger partial charge < -0.3 is 4.74 Å². The lowest BCUT2D eigenvalue weighted by molar-refractivity contribution is 0.00462. The molecule has 1 atom stereocenters. The second kappa shape index (κ2) is 10.2. The molecule has 2 aliphatic rings. The summed E-state index contributed by atoms with van der Waals surface area (Å²) in [6, 6.07) is 8.15. The van der Waals surface area contributed by atoms with Gasteiger partial charge in [-0.15, -0.1) is 0 Å². The number of anilines is 1. The number of nitrogens with zero attached hydrogens (tertiary/aromatic N) is 5. The van der Waals surface area contributed by atoms with Crippen molar-refractivity contribution in [3.05, 3.63) is 54.2 Å². The Morgan fingerprint density at radius 1 is 1.12 bits per heavy atom. The van der Waals surface area contributed by atoms with E-state index in [2.05, 4.69) is 40.1 Å². The summed E-state index contributed by atoms with van der Waals surface area (Å²) in [7, 11) is 1.70. The molecule has 1 N–H and O–H groups in total. The third-order valence-corrected chi connectivity index (χ3v) is 7.81. The van der Waals surface area contributed by atoms with Crippen LogP contribution >= 0.6 is 22.6 Å². The number of hydrazine groups is 1. The van der Waals surface area contributed by atoms with Crippen LogP contribution < -0.4 is 21.7 Å². The summed E-state index contributed by atoms with van der Waals surface area (Å²) in [6.07, 6.45) is 6.11. The maximum atomic E-state index is 13.8. The molecule has 2 fully saturated rings. The number of aromatic nitrogens is 4. The van der Waals surface area contributed by atoms with Gasteiger partial charge in [0.15, 0.2) is 11.2 Å². The van der Waals surface area contributed by atoms with Gasteiger partial charge in [0.05, 0.1) is 19.2 Å². The van der Waals surface area contributed by atoms with Crippen molar-refractivity contribution in [3.63, 3.8) is 0 Å². The van der Waals surface area contributed by atoms with Crippen molar-refractivity contribution in [2.45, 2.75) is 57.7 Å². The van der Waals surface area contributed by atoms with Crippen molar-refractivity contribution in [2.75, 3.05) is 24.7 Å².